The smallest absolute Gasteiger partial charge is 0.275 e. The van der Waals surface area contributed by atoms with Crippen LogP contribution in [0.4, 0.5) is 0 Å². The number of hydrogen-bond donors (Lipinski definition) is 0. The molecular weight excluding hydrogens is 350 g/mol. The van der Waals surface area contributed by atoms with Gasteiger partial charge in [-0.05, 0) is 31.5 Å². The number of rotatable bonds is 4. The van der Waals surface area contributed by atoms with Gasteiger partial charge < -0.3 is 23.5 Å². The molecule has 0 bridgehead atoms. The molecule has 0 radical (unpaired) electrons. The maximum absolute atomic E-state index is 12.7. The first-order valence-electron chi connectivity index (χ1n) is 9.26. The summed E-state index contributed by atoms with van der Waals surface area (Å²) < 4.78 is 21.7. The number of benzene rings is 1. The number of amides is 1. The van der Waals surface area contributed by atoms with E-state index < -0.39 is 0 Å². The summed E-state index contributed by atoms with van der Waals surface area (Å²) in [7, 11) is 0. The van der Waals surface area contributed by atoms with E-state index in [1.807, 2.05) is 4.90 Å². The van der Waals surface area contributed by atoms with E-state index in [1.165, 1.54) is 12.7 Å². The Hall–Kier alpha value is -2.74. The summed E-state index contributed by atoms with van der Waals surface area (Å²) in [6.07, 6.45) is 3.80. The van der Waals surface area contributed by atoms with Crippen LogP contribution in [0.1, 0.15) is 29.2 Å². The molecule has 0 aliphatic carbocycles. The zero-order valence-electron chi connectivity index (χ0n) is 14.9. The van der Waals surface area contributed by atoms with Crippen LogP contribution in [0, 0.1) is 0 Å². The van der Waals surface area contributed by atoms with E-state index in [-0.39, 0.29) is 19.3 Å². The Morgan fingerprint density at radius 1 is 1.22 bits per heavy atom. The van der Waals surface area contributed by atoms with Crippen molar-refractivity contribution in [3.8, 4) is 17.2 Å². The van der Waals surface area contributed by atoms with Crippen molar-refractivity contribution >= 4 is 5.91 Å². The van der Waals surface area contributed by atoms with E-state index in [1.54, 1.807) is 18.2 Å². The highest BCUT2D eigenvalue weighted by Gasteiger charge is 2.33. The van der Waals surface area contributed by atoms with Crippen LogP contribution < -0.4 is 14.2 Å². The Bertz CT molecular complexity index is 852. The summed E-state index contributed by atoms with van der Waals surface area (Å²) in [5, 5.41) is 0. The molecule has 4 heterocycles. The van der Waals surface area contributed by atoms with Gasteiger partial charge in [0, 0.05) is 31.7 Å². The standard InChI is InChI=1S/C19H21N3O5/c23-19(22-7-6-21-5-1-2-13(21)9-22)15-10-25-18(20-15)11-24-14-3-4-16-17(8-14)27-12-26-16/h3-4,8,10,13H,1-2,5-7,9,11-12H2/t13-/m1/s1. The molecule has 3 aliphatic heterocycles. The lowest BCUT2D eigenvalue weighted by Gasteiger charge is -2.37. The van der Waals surface area contributed by atoms with Gasteiger partial charge >= 0.3 is 0 Å². The van der Waals surface area contributed by atoms with Gasteiger partial charge in [-0.3, -0.25) is 9.69 Å². The van der Waals surface area contributed by atoms with Crippen LogP contribution in [0.25, 0.3) is 0 Å². The van der Waals surface area contributed by atoms with Crippen molar-refractivity contribution in [2.45, 2.75) is 25.5 Å². The quantitative estimate of drug-likeness (QED) is 0.812. The van der Waals surface area contributed by atoms with Crippen LogP contribution in [-0.2, 0) is 6.61 Å². The lowest BCUT2D eigenvalue weighted by Crippen LogP contribution is -2.52. The summed E-state index contributed by atoms with van der Waals surface area (Å²) in [6, 6.07) is 5.84. The molecule has 27 heavy (non-hydrogen) atoms. The maximum Gasteiger partial charge on any atom is 0.275 e. The van der Waals surface area contributed by atoms with Crippen molar-refractivity contribution in [1.29, 1.82) is 0 Å². The number of carbonyl (C=O) groups is 1. The number of nitrogens with zero attached hydrogens (tertiary/aromatic N) is 3. The first-order chi connectivity index (χ1) is 13.3. The minimum atomic E-state index is -0.0698. The van der Waals surface area contributed by atoms with Crippen LogP contribution in [0.15, 0.2) is 28.9 Å². The van der Waals surface area contributed by atoms with Gasteiger partial charge in [0.25, 0.3) is 5.91 Å². The van der Waals surface area contributed by atoms with E-state index in [4.69, 9.17) is 18.6 Å². The van der Waals surface area contributed by atoms with E-state index in [2.05, 4.69) is 9.88 Å². The largest absolute Gasteiger partial charge is 0.484 e. The molecule has 1 atom stereocenters. The third-order valence-corrected chi connectivity index (χ3v) is 5.35. The van der Waals surface area contributed by atoms with Gasteiger partial charge in [0.2, 0.25) is 12.7 Å². The second-order valence-electron chi connectivity index (χ2n) is 7.01. The van der Waals surface area contributed by atoms with Crippen molar-refractivity contribution in [2.24, 2.45) is 0 Å². The Morgan fingerprint density at radius 2 is 2.15 bits per heavy atom. The molecule has 8 heteroatoms. The molecule has 5 rings (SSSR count). The average Bonchev–Trinajstić information content (AvgIpc) is 3.44. The minimum absolute atomic E-state index is 0.0698. The number of hydrogen-bond acceptors (Lipinski definition) is 7. The molecule has 8 nitrogen and oxygen atoms in total. The van der Waals surface area contributed by atoms with Crippen LogP contribution in [0.5, 0.6) is 17.2 Å². The first-order valence-corrected chi connectivity index (χ1v) is 9.26. The van der Waals surface area contributed by atoms with Crippen molar-refractivity contribution in [3.63, 3.8) is 0 Å². The first kappa shape index (κ1) is 16.4. The monoisotopic (exact) mass is 371 g/mol. The molecule has 0 N–H and O–H groups in total. The van der Waals surface area contributed by atoms with Gasteiger partial charge in [-0.25, -0.2) is 4.98 Å². The summed E-state index contributed by atoms with van der Waals surface area (Å²) >= 11 is 0. The Kier molecular flexibility index (Phi) is 4.12. The Morgan fingerprint density at radius 3 is 3.11 bits per heavy atom. The molecule has 0 unspecified atom stereocenters. The molecule has 142 valence electrons. The van der Waals surface area contributed by atoms with E-state index in [0.29, 0.717) is 34.9 Å². The third kappa shape index (κ3) is 3.21. The molecule has 1 amide bonds. The minimum Gasteiger partial charge on any atom is -0.484 e. The van der Waals surface area contributed by atoms with Gasteiger partial charge in [-0.2, -0.15) is 0 Å². The second kappa shape index (κ2) is 6.77. The highest BCUT2D eigenvalue weighted by Crippen LogP contribution is 2.35. The predicted octanol–water partition coefficient (Wildman–Crippen LogP) is 1.90. The van der Waals surface area contributed by atoms with E-state index >= 15 is 0 Å². The fraction of sp³-hybridized carbons (Fsp3) is 0.474. The van der Waals surface area contributed by atoms with Crippen LogP contribution in [-0.4, -0.2) is 59.7 Å². The zero-order valence-corrected chi connectivity index (χ0v) is 14.9. The molecule has 0 saturated carbocycles. The molecule has 2 saturated heterocycles. The molecule has 1 aromatic heterocycles. The Labute approximate surface area is 156 Å². The van der Waals surface area contributed by atoms with Crippen molar-refractivity contribution in [3.05, 3.63) is 36.0 Å². The van der Waals surface area contributed by atoms with E-state index in [0.717, 1.165) is 32.6 Å². The SMILES string of the molecule is O=C(c1coc(COc2ccc3c(c2)OCO3)n1)N1CCN2CCC[C@@H]2C1. The molecular formula is C19H21N3O5. The van der Waals surface area contributed by atoms with Crippen molar-refractivity contribution in [2.75, 3.05) is 33.0 Å². The lowest BCUT2D eigenvalue weighted by atomic mass is 10.1. The average molecular weight is 371 g/mol. The molecule has 2 aromatic rings. The highest BCUT2D eigenvalue weighted by molar-refractivity contribution is 5.92. The number of piperazine rings is 1. The zero-order chi connectivity index (χ0) is 18.2. The number of ether oxygens (including phenoxy) is 3. The Balaban J connectivity index is 1.20. The van der Waals surface area contributed by atoms with Gasteiger partial charge in [0.05, 0.1) is 0 Å². The van der Waals surface area contributed by atoms with Crippen molar-refractivity contribution < 1.29 is 23.4 Å². The number of aromatic nitrogens is 1. The molecule has 1 aromatic carbocycles. The fourth-order valence-electron chi connectivity index (χ4n) is 3.92. The highest BCUT2D eigenvalue weighted by atomic mass is 16.7. The fourth-order valence-corrected chi connectivity index (χ4v) is 3.92. The van der Waals surface area contributed by atoms with Crippen LogP contribution in [0.3, 0.4) is 0 Å². The number of oxazole rings is 1. The summed E-state index contributed by atoms with van der Waals surface area (Å²) in [5.41, 5.74) is 0.339. The molecule has 0 spiro atoms. The topological polar surface area (TPSA) is 77.3 Å². The second-order valence-corrected chi connectivity index (χ2v) is 7.01. The lowest BCUT2D eigenvalue weighted by molar-refractivity contribution is 0.0565. The van der Waals surface area contributed by atoms with Gasteiger partial charge in [-0.1, -0.05) is 0 Å². The third-order valence-electron chi connectivity index (χ3n) is 5.35. The van der Waals surface area contributed by atoms with Gasteiger partial charge in [0.1, 0.15) is 12.0 Å². The van der Waals surface area contributed by atoms with Crippen LogP contribution in [0.2, 0.25) is 0 Å². The van der Waals surface area contributed by atoms with Crippen molar-refractivity contribution in [1.82, 2.24) is 14.8 Å². The predicted molar refractivity (Wildman–Crippen MR) is 93.9 cm³/mol. The molecule has 2 fully saturated rings. The molecule has 3 aliphatic rings. The summed E-state index contributed by atoms with van der Waals surface area (Å²) in [6.45, 7) is 3.97. The van der Waals surface area contributed by atoms with Gasteiger partial charge in [0.15, 0.2) is 23.8 Å². The maximum atomic E-state index is 12.7. The number of carbonyl (C=O) groups excluding carboxylic acids is 1. The van der Waals surface area contributed by atoms with Crippen LogP contribution >= 0.6 is 0 Å². The normalized spacial score (nSPS) is 21.3. The number of fused-ring (bicyclic) bond motifs is 2. The van der Waals surface area contributed by atoms with Gasteiger partial charge in [-0.15, -0.1) is 0 Å². The van der Waals surface area contributed by atoms with E-state index in [9.17, 15) is 4.79 Å². The summed E-state index contributed by atoms with van der Waals surface area (Å²) in [4.78, 5) is 21.4. The summed E-state index contributed by atoms with van der Waals surface area (Å²) in [5.74, 6) is 2.29.